The molecule has 1 amide bonds. The lowest BCUT2D eigenvalue weighted by Gasteiger charge is -2.31. The summed E-state index contributed by atoms with van der Waals surface area (Å²) in [6.45, 7) is -0.0724. The van der Waals surface area contributed by atoms with E-state index < -0.39 is 11.4 Å². The van der Waals surface area contributed by atoms with Crippen LogP contribution < -0.4 is 21.3 Å². The van der Waals surface area contributed by atoms with E-state index in [1.807, 2.05) is 30.0 Å². The Hall–Kier alpha value is -3.14. The van der Waals surface area contributed by atoms with Crippen LogP contribution in [0.25, 0.3) is 11.0 Å². The first-order valence-electron chi connectivity index (χ1n) is 12.4. The van der Waals surface area contributed by atoms with Gasteiger partial charge in [-0.3, -0.25) is 18.7 Å². The fraction of sp³-hybridized carbons (Fsp3) is 0.462. The average molecular weight is 513 g/mol. The standard InChI is InChI=1S/C26H29FN4O4S/c27-17-14-22-24(28-15-17)30(20-10-12-36-13-11-20)26(34)31(25(22)33)19-8-6-18(7-9-19)29-23(32)16-35-21-4-2-1-3-5-21/h1-5,14-15,18-20H,6-13,16H2,(H,29,32)/t18-,19+. The molecule has 1 aliphatic carbocycles. The van der Waals surface area contributed by atoms with Gasteiger partial charge in [-0.2, -0.15) is 11.8 Å². The smallest absolute Gasteiger partial charge is 0.333 e. The molecule has 2 aliphatic rings. The highest BCUT2D eigenvalue weighted by Gasteiger charge is 2.29. The Morgan fingerprint density at radius 2 is 1.72 bits per heavy atom. The number of hydrogen-bond donors (Lipinski definition) is 1. The monoisotopic (exact) mass is 512 g/mol. The van der Waals surface area contributed by atoms with Gasteiger partial charge >= 0.3 is 5.69 Å². The molecule has 3 aromatic rings. The number of thioether (sulfide) groups is 1. The number of nitrogens with one attached hydrogen (secondary N) is 1. The Morgan fingerprint density at radius 1 is 1.03 bits per heavy atom. The average Bonchev–Trinajstić information content (AvgIpc) is 2.90. The maximum atomic E-state index is 14.1. The molecule has 190 valence electrons. The SMILES string of the molecule is O=C(COc1ccccc1)N[C@H]1CC[C@@H](n2c(=O)c3cc(F)cnc3n(C3CCSCC3)c2=O)CC1. The van der Waals surface area contributed by atoms with E-state index >= 15 is 0 Å². The zero-order valence-electron chi connectivity index (χ0n) is 19.9. The Balaban J connectivity index is 1.33. The summed E-state index contributed by atoms with van der Waals surface area (Å²) in [6.07, 6.45) is 5.07. The third-order valence-electron chi connectivity index (χ3n) is 7.02. The molecule has 0 radical (unpaired) electrons. The number of nitrogens with zero attached hydrogens (tertiary/aromatic N) is 3. The highest BCUT2D eigenvalue weighted by atomic mass is 32.2. The summed E-state index contributed by atoms with van der Waals surface area (Å²) >= 11 is 1.84. The van der Waals surface area contributed by atoms with Crippen LogP contribution in [0.2, 0.25) is 0 Å². The highest BCUT2D eigenvalue weighted by molar-refractivity contribution is 7.99. The van der Waals surface area contributed by atoms with Crippen LogP contribution in [0.5, 0.6) is 5.75 Å². The molecule has 10 heteroatoms. The summed E-state index contributed by atoms with van der Waals surface area (Å²) in [5.74, 6) is 1.69. The van der Waals surface area contributed by atoms with Crippen LogP contribution in [0.15, 0.2) is 52.2 Å². The second kappa shape index (κ2) is 10.9. The molecule has 0 atom stereocenters. The van der Waals surface area contributed by atoms with Gasteiger partial charge in [0.15, 0.2) is 6.61 Å². The number of carbonyl (C=O) groups excluding carboxylic acids is 1. The molecule has 1 N–H and O–H groups in total. The zero-order chi connectivity index (χ0) is 25.1. The van der Waals surface area contributed by atoms with Gasteiger partial charge in [-0.05, 0) is 68.2 Å². The Morgan fingerprint density at radius 3 is 2.44 bits per heavy atom. The molecule has 1 aromatic carbocycles. The number of pyridine rings is 1. The molecular weight excluding hydrogens is 483 g/mol. The molecule has 0 unspecified atom stereocenters. The van der Waals surface area contributed by atoms with Gasteiger partial charge in [0.25, 0.3) is 11.5 Å². The number of carbonyl (C=O) groups is 1. The molecular formula is C26H29FN4O4S. The maximum Gasteiger partial charge on any atom is 0.333 e. The third kappa shape index (κ3) is 5.18. The van der Waals surface area contributed by atoms with E-state index in [0.29, 0.717) is 31.4 Å². The molecule has 8 nitrogen and oxygen atoms in total. The lowest BCUT2D eigenvalue weighted by atomic mass is 9.91. The number of amides is 1. The van der Waals surface area contributed by atoms with Gasteiger partial charge in [-0.15, -0.1) is 0 Å². The lowest BCUT2D eigenvalue weighted by Crippen LogP contribution is -2.47. The van der Waals surface area contributed by atoms with Crippen LogP contribution in [0.3, 0.4) is 0 Å². The van der Waals surface area contributed by atoms with E-state index in [1.54, 1.807) is 16.7 Å². The first-order chi connectivity index (χ1) is 17.5. The van der Waals surface area contributed by atoms with Crippen LogP contribution in [0.4, 0.5) is 4.39 Å². The predicted molar refractivity (Wildman–Crippen MR) is 137 cm³/mol. The minimum absolute atomic E-state index is 0.0546. The fourth-order valence-corrected chi connectivity index (χ4v) is 6.29. The summed E-state index contributed by atoms with van der Waals surface area (Å²) in [6, 6.07) is 9.91. The van der Waals surface area contributed by atoms with E-state index in [-0.39, 0.29) is 47.4 Å². The van der Waals surface area contributed by atoms with Crippen molar-refractivity contribution in [2.45, 2.75) is 56.7 Å². The maximum absolute atomic E-state index is 14.1. The molecule has 0 bridgehead atoms. The molecule has 2 aromatic heterocycles. The first kappa shape index (κ1) is 24.5. The van der Waals surface area contributed by atoms with Crippen LogP contribution >= 0.6 is 11.8 Å². The number of rotatable bonds is 6. The van der Waals surface area contributed by atoms with Crippen LogP contribution in [0, 0.1) is 5.82 Å². The van der Waals surface area contributed by atoms with E-state index in [2.05, 4.69) is 10.3 Å². The van der Waals surface area contributed by atoms with Crippen LogP contribution in [-0.4, -0.2) is 44.2 Å². The highest BCUT2D eigenvalue weighted by Crippen LogP contribution is 2.30. The molecule has 36 heavy (non-hydrogen) atoms. The van der Waals surface area contributed by atoms with Crippen molar-refractivity contribution in [3.8, 4) is 5.75 Å². The van der Waals surface area contributed by atoms with Gasteiger partial charge in [0.1, 0.15) is 17.2 Å². The van der Waals surface area contributed by atoms with E-state index in [0.717, 1.165) is 30.5 Å². The molecule has 1 aliphatic heterocycles. The van der Waals surface area contributed by atoms with Gasteiger partial charge in [-0.1, -0.05) is 18.2 Å². The minimum atomic E-state index is -0.598. The van der Waals surface area contributed by atoms with Gasteiger partial charge in [0, 0.05) is 18.1 Å². The lowest BCUT2D eigenvalue weighted by molar-refractivity contribution is -0.124. The van der Waals surface area contributed by atoms with Crippen molar-refractivity contribution in [2.75, 3.05) is 18.1 Å². The van der Waals surface area contributed by atoms with E-state index in [4.69, 9.17) is 4.74 Å². The summed E-state index contributed by atoms with van der Waals surface area (Å²) < 4.78 is 22.5. The normalized spacial score (nSPS) is 20.8. The number of para-hydroxylation sites is 1. The van der Waals surface area contributed by atoms with Crippen molar-refractivity contribution in [1.82, 2.24) is 19.4 Å². The Kier molecular flexibility index (Phi) is 7.41. The van der Waals surface area contributed by atoms with Crippen LogP contribution in [0.1, 0.15) is 50.6 Å². The zero-order valence-corrected chi connectivity index (χ0v) is 20.7. The second-order valence-corrected chi connectivity index (χ2v) is 10.6. The van der Waals surface area contributed by atoms with Crippen molar-refractivity contribution in [2.24, 2.45) is 0 Å². The van der Waals surface area contributed by atoms with Gasteiger partial charge in [0.05, 0.1) is 11.6 Å². The van der Waals surface area contributed by atoms with Crippen molar-refractivity contribution >= 4 is 28.7 Å². The van der Waals surface area contributed by atoms with E-state index in [9.17, 15) is 18.8 Å². The number of ether oxygens (including phenoxy) is 1. The molecule has 1 saturated heterocycles. The van der Waals surface area contributed by atoms with Crippen molar-refractivity contribution in [1.29, 1.82) is 0 Å². The largest absolute Gasteiger partial charge is 0.484 e. The quantitative estimate of drug-likeness (QED) is 0.544. The number of aromatic nitrogens is 3. The Labute approximate surface area is 211 Å². The summed E-state index contributed by atoms with van der Waals surface area (Å²) in [4.78, 5) is 43.5. The molecule has 0 spiro atoms. The van der Waals surface area contributed by atoms with Crippen molar-refractivity contribution in [3.05, 3.63) is 69.3 Å². The van der Waals surface area contributed by atoms with Gasteiger partial charge in [-0.25, -0.2) is 14.2 Å². The Bertz CT molecular complexity index is 1350. The first-order valence-corrected chi connectivity index (χ1v) is 13.5. The van der Waals surface area contributed by atoms with E-state index in [1.165, 1.54) is 10.6 Å². The predicted octanol–water partition coefficient (Wildman–Crippen LogP) is 3.44. The van der Waals surface area contributed by atoms with Crippen molar-refractivity contribution < 1.29 is 13.9 Å². The summed E-state index contributed by atoms with van der Waals surface area (Å²) in [7, 11) is 0. The molecule has 2 fully saturated rings. The minimum Gasteiger partial charge on any atom is -0.484 e. The number of benzene rings is 1. The number of fused-ring (bicyclic) bond motifs is 1. The second-order valence-electron chi connectivity index (χ2n) is 9.37. The summed E-state index contributed by atoms with van der Waals surface area (Å²) in [5.41, 5.74) is -0.599. The topological polar surface area (TPSA) is 95.2 Å². The molecule has 1 saturated carbocycles. The summed E-state index contributed by atoms with van der Waals surface area (Å²) in [5, 5.41) is 3.13. The fourth-order valence-electron chi connectivity index (χ4n) is 5.21. The van der Waals surface area contributed by atoms with Gasteiger partial charge < -0.3 is 10.1 Å². The van der Waals surface area contributed by atoms with Crippen LogP contribution in [-0.2, 0) is 4.79 Å². The molecule has 3 heterocycles. The number of hydrogen-bond acceptors (Lipinski definition) is 6. The molecule has 5 rings (SSSR count). The van der Waals surface area contributed by atoms with Gasteiger partial charge in [0.2, 0.25) is 0 Å². The van der Waals surface area contributed by atoms with Crippen molar-refractivity contribution in [3.63, 3.8) is 0 Å². The third-order valence-corrected chi connectivity index (χ3v) is 8.07. The number of halogens is 1.